The number of carbonyl (C=O) groups is 2. The fourth-order valence-electron chi connectivity index (χ4n) is 4.58. The normalized spacial score (nSPS) is 27.9. The maximum Gasteiger partial charge on any atom is 0.341 e. The SMILES string of the molecule is CC1(C)C2CCC1(CS(=O)(=O)O)C(=O)C2=Cc1ccc(OCC(=O)O)cc1. The molecule has 0 saturated heterocycles. The number of hydrogen-bond donors (Lipinski definition) is 2. The van der Waals surface area contributed by atoms with Gasteiger partial charge in [0.25, 0.3) is 10.1 Å². The lowest BCUT2D eigenvalue weighted by atomic mass is 9.70. The van der Waals surface area contributed by atoms with Crippen LogP contribution in [0.4, 0.5) is 0 Å². The Morgan fingerprint density at radius 2 is 1.93 bits per heavy atom. The van der Waals surface area contributed by atoms with Gasteiger partial charge in [-0.25, -0.2) is 4.79 Å². The number of aliphatic carboxylic acids is 1. The minimum atomic E-state index is -4.28. The number of ketones is 1. The Labute approximate surface area is 157 Å². The second-order valence-corrected chi connectivity index (χ2v) is 9.25. The lowest BCUT2D eigenvalue weighted by Crippen LogP contribution is -2.42. The van der Waals surface area contributed by atoms with Crippen molar-refractivity contribution < 1.29 is 32.4 Å². The number of allylic oxidation sites excluding steroid dienone is 1. The summed E-state index contributed by atoms with van der Waals surface area (Å²) in [6, 6.07) is 6.66. The third-order valence-corrected chi connectivity index (χ3v) is 6.89. The van der Waals surface area contributed by atoms with Crippen molar-refractivity contribution in [2.45, 2.75) is 26.7 Å². The van der Waals surface area contributed by atoms with E-state index >= 15 is 0 Å². The van der Waals surface area contributed by atoms with Crippen LogP contribution in [0, 0.1) is 16.7 Å². The summed E-state index contributed by atoms with van der Waals surface area (Å²) >= 11 is 0. The molecule has 1 aromatic carbocycles. The molecule has 1 aromatic rings. The third-order valence-electron chi connectivity index (χ3n) is 6.03. The van der Waals surface area contributed by atoms with E-state index in [9.17, 15) is 22.6 Å². The van der Waals surface area contributed by atoms with Crippen molar-refractivity contribution in [2.75, 3.05) is 12.4 Å². The summed E-state index contributed by atoms with van der Waals surface area (Å²) in [6.07, 6.45) is 2.89. The highest BCUT2D eigenvalue weighted by molar-refractivity contribution is 7.85. The molecule has 3 rings (SSSR count). The van der Waals surface area contributed by atoms with Crippen molar-refractivity contribution in [3.8, 4) is 5.75 Å². The van der Waals surface area contributed by atoms with Gasteiger partial charge in [0.15, 0.2) is 12.4 Å². The van der Waals surface area contributed by atoms with Gasteiger partial charge >= 0.3 is 5.97 Å². The zero-order chi connectivity index (χ0) is 20.0. The molecule has 2 N–H and O–H groups in total. The molecule has 2 bridgehead atoms. The smallest absolute Gasteiger partial charge is 0.341 e. The summed E-state index contributed by atoms with van der Waals surface area (Å²) in [7, 11) is -4.28. The van der Waals surface area contributed by atoms with Gasteiger partial charge in [-0.15, -0.1) is 0 Å². The van der Waals surface area contributed by atoms with Crippen molar-refractivity contribution in [2.24, 2.45) is 16.7 Å². The van der Waals surface area contributed by atoms with E-state index in [2.05, 4.69) is 0 Å². The Kier molecular flexibility index (Phi) is 4.68. The van der Waals surface area contributed by atoms with Gasteiger partial charge in [0.05, 0.1) is 11.2 Å². The first kappa shape index (κ1) is 19.6. The molecule has 7 nitrogen and oxygen atoms in total. The van der Waals surface area contributed by atoms with Gasteiger partial charge < -0.3 is 9.84 Å². The number of Topliss-reactive ketones (excluding diaryl/α,β-unsaturated/α-hetero) is 1. The Bertz CT molecular complexity index is 912. The van der Waals surface area contributed by atoms with E-state index in [1.807, 2.05) is 13.8 Å². The van der Waals surface area contributed by atoms with E-state index in [1.165, 1.54) is 0 Å². The first-order chi connectivity index (χ1) is 12.5. The molecule has 0 radical (unpaired) electrons. The van der Waals surface area contributed by atoms with Crippen LogP contribution in [0.3, 0.4) is 0 Å². The predicted octanol–water partition coefficient (Wildman–Crippen LogP) is 2.43. The molecule has 0 spiro atoms. The van der Waals surface area contributed by atoms with Crippen molar-refractivity contribution in [3.63, 3.8) is 0 Å². The standard InChI is InChI=1S/C19H22O7S/c1-18(2)15-7-8-19(18,11-27(23,24)25)17(22)14(15)9-12-3-5-13(6-4-12)26-10-16(20)21/h3-6,9,15H,7-8,10-11H2,1-2H3,(H,20,21)(H,23,24,25). The quantitative estimate of drug-likeness (QED) is 0.562. The van der Waals surface area contributed by atoms with E-state index in [1.54, 1.807) is 30.3 Å². The lowest BCUT2D eigenvalue weighted by Gasteiger charge is -2.34. The Balaban J connectivity index is 1.90. The van der Waals surface area contributed by atoms with Crippen LogP contribution in [-0.4, -0.2) is 42.2 Å². The van der Waals surface area contributed by atoms with Crippen molar-refractivity contribution in [1.29, 1.82) is 0 Å². The Morgan fingerprint density at radius 1 is 1.30 bits per heavy atom. The van der Waals surface area contributed by atoms with Crippen LogP contribution < -0.4 is 4.74 Å². The molecule has 2 fully saturated rings. The van der Waals surface area contributed by atoms with Gasteiger partial charge in [0.1, 0.15) is 5.75 Å². The summed E-state index contributed by atoms with van der Waals surface area (Å²) in [5.41, 5.74) is -0.335. The summed E-state index contributed by atoms with van der Waals surface area (Å²) in [5, 5.41) is 8.63. The minimum absolute atomic E-state index is 0.0744. The molecular formula is C19H22O7S. The van der Waals surface area contributed by atoms with Crippen LogP contribution in [0.5, 0.6) is 5.75 Å². The highest BCUT2D eigenvalue weighted by Gasteiger charge is 2.67. The number of carboxylic acid groups (broad SMARTS) is 1. The molecule has 0 aliphatic heterocycles. The monoisotopic (exact) mass is 394 g/mol. The number of rotatable bonds is 6. The van der Waals surface area contributed by atoms with Crippen molar-refractivity contribution in [1.82, 2.24) is 0 Å². The maximum atomic E-state index is 13.1. The largest absolute Gasteiger partial charge is 0.482 e. The highest BCUT2D eigenvalue weighted by atomic mass is 32.2. The van der Waals surface area contributed by atoms with E-state index < -0.39 is 39.3 Å². The van der Waals surface area contributed by atoms with Gasteiger partial charge in [0.2, 0.25) is 0 Å². The summed E-state index contributed by atoms with van der Waals surface area (Å²) in [5.74, 6) is -1.51. The van der Waals surface area contributed by atoms with Gasteiger partial charge in [-0.1, -0.05) is 26.0 Å². The van der Waals surface area contributed by atoms with Crippen LogP contribution in [0.15, 0.2) is 29.8 Å². The zero-order valence-electron chi connectivity index (χ0n) is 15.1. The molecule has 2 aliphatic rings. The van der Waals surface area contributed by atoms with Crippen LogP contribution >= 0.6 is 0 Å². The first-order valence-electron chi connectivity index (χ1n) is 8.62. The topological polar surface area (TPSA) is 118 Å². The fraction of sp³-hybridized carbons (Fsp3) is 0.474. The number of ether oxygens (including phenoxy) is 1. The van der Waals surface area contributed by atoms with Crippen LogP contribution in [0.25, 0.3) is 6.08 Å². The Morgan fingerprint density at radius 3 is 2.48 bits per heavy atom. The van der Waals surface area contributed by atoms with Gasteiger partial charge in [-0.05, 0) is 47.9 Å². The van der Waals surface area contributed by atoms with Gasteiger partial charge in [0, 0.05) is 5.57 Å². The molecule has 2 aliphatic carbocycles. The van der Waals surface area contributed by atoms with Crippen LogP contribution in [0.1, 0.15) is 32.3 Å². The molecule has 2 saturated carbocycles. The van der Waals surface area contributed by atoms with E-state index in [4.69, 9.17) is 9.84 Å². The first-order valence-corrected chi connectivity index (χ1v) is 10.2. The average Bonchev–Trinajstić information content (AvgIpc) is 2.87. The molecular weight excluding hydrogens is 372 g/mol. The van der Waals surface area contributed by atoms with Crippen LogP contribution in [0.2, 0.25) is 0 Å². The lowest BCUT2D eigenvalue weighted by molar-refractivity contribution is -0.139. The minimum Gasteiger partial charge on any atom is -0.482 e. The second kappa shape index (κ2) is 6.45. The number of benzene rings is 1. The second-order valence-electron chi connectivity index (χ2n) is 7.80. The van der Waals surface area contributed by atoms with Crippen molar-refractivity contribution >= 4 is 27.9 Å². The summed E-state index contributed by atoms with van der Waals surface area (Å²) in [6.45, 7) is 3.34. The molecule has 2 atom stereocenters. The van der Waals surface area contributed by atoms with Crippen LogP contribution in [-0.2, 0) is 19.7 Å². The van der Waals surface area contributed by atoms with E-state index in [0.717, 1.165) is 5.56 Å². The molecule has 0 amide bonds. The van der Waals surface area contributed by atoms with Gasteiger partial charge in [-0.2, -0.15) is 8.42 Å². The number of carbonyl (C=O) groups excluding carboxylic acids is 1. The highest BCUT2D eigenvalue weighted by Crippen LogP contribution is 2.66. The number of hydrogen-bond acceptors (Lipinski definition) is 5. The molecule has 0 aromatic heterocycles. The fourth-order valence-corrected chi connectivity index (χ4v) is 5.85. The zero-order valence-corrected chi connectivity index (χ0v) is 16.0. The average molecular weight is 394 g/mol. The maximum absolute atomic E-state index is 13.1. The van der Waals surface area contributed by atoms with E-state index in [-0.39, 0.29) is 11.7 Å². The van der Waals surface area contributed by atoms with Gasteiger partial charge in [-0.3, -0.25) is 9.35 Å². The number of fused-ring (bicyclic) bond motifs is 2. The summed E-state index contributed by atoms with van der Waals surface area (Å²) < 4.78 is 37.6. The molecule has 146 valence electrons. The van der Waals surface area contributed by atoms with E-state index in [0.29, 0.717) is 24.2 Å². The molecule has 0 heterocycles. The molecule has 27 heavy (non-hydrogen) atoms. The summed E-state index contributed by atoms with van der Waals surface area (Å²) in [4.78, 5) is 23.6. The molecule has 8 heteroatoms. The predicted molar refractivity (Wildman–Crippen MR) is 97.9 cm³/mol. The Hall–Kier alpha value is -2.19. The molecule has 2 unspecified atom stereocenters. The van der Waals surface area contributed by atoms with Crippen molar-refractivity contribution in [3.05, 3.63) is 35.4 Å². The third kappa shape index (κ3) is 3.39. The number of carboxylic acids is 1.